The van der Waals surface area contributed by atoms with E-state index in [1.807, 2.05) is 6.07 Å². The Hall–Kier alpha value is -2.20. The number of carbonyl (C=O) groups excluding carboxylic acids is 1. The number of rotatable bonds is 3. The average molecular weight is 299 g/mol. The first kappa shape index (κ1) is 14.7. The number of nitrogens with one attached hydrogen (secondary N) is 1. The number of ether oxygens (including phenoxy) is 1. The molecule has 1 aliphatic rings. The van der Waals surface area contributed by atoms with Gasteiger partial charge >= 0.3 is 0 Å². The molecule has 0 bridgehead atoms. The van der Waals surface area contributed by atoms with E-state index in [1.54, 1.807) is 36.4 Å². The summed E-state index contributed by atoms with van der Waals surface area (Å²) in [5.74, 6) is -0.487. The van der Waals surface area contributed by atoms with Crippen molar-refractivity contribution in [2.45, 2.75) is 18.9 Å². The van der Waals surface area contributed by atoms with E-state index in [4.69, 9.17) is 4.74 Å². The molecule has 0 radical (unpaired) electrons. The lowest BCUT2D eigenvalue weighted by molar-refractivity contribution is 0.0697. The summed E-state index contributed by atoms with van der Waals surface area (Å²) in [5, 5.41) is 3.02. The van der Waals surface area contributed by atoms with Crippen LogP contribution in [0.15, 0.2) is 48.5 Å². The van der Waals surface area contributed by atoms with Crippen LogP contribution < -0.4 is 5.32 Å². The van der Waals surface area contributed by atoms with Gasteiger partial charge in [0.15, 0.2) is 0 Å². The quantitative estimate of drug-likeness (QED) is 0.943. The summed E-state index contributed by atoms with van der Waals surface area (Å²) < 4.78 is 19.3. The van der Waals surface area contributed by atoms with Crippen LogP contribution in [0.4, 0.5) is 4.39 Å². The van der Waals surface area contributed by atoms with Crippen LogP contribution in [0.2, 0.25) is 0 Å². The standard InChI is InChI=1S/C18H18FNO2/c19-17-8-4-3-6-15(17)14-5-1-2-7-16(14)18(21)20-13-9-11-22-12-10-13/h1-8,13H,9-12H2,(H,20,21). The van der Waals surface area contributed by atoms with Gasteiger partial charge < -0.3 is 10.1 Å². The van der Waals surface area contributed by atoms with E-state index >= 15 is 0 Å². The van der Waals surface area contributed by atoms with Crippen LogP contribution in [0.25, 0.3) is 11.1 Å². The summed E-state index contributed by atoms with van der Waals surface area (Å²) in [5.41, 5.74) is 1.56. The predicted molar refractivity (Wildman–Crippen MR) is 83.1 cm³/mol. The molecule has 1 heterocycles. The van der Waals surface area contributed by atoms with E-state index < -0.39 is 0 Å². The molecule has 0 saturated carbocycles. The van der Waals surface area contributed by atoms with Crippen LogP contribution >= 0.6 is 0 Å². The van der Waals surface area contributed by atoms with Crippen molar-refractivity contribution in [3.05, 3.63) is 59.9 Å². The maximum Gasteiger partial charge on any atom is 0.252 e. The van der Waals surface area contributed by atoms with Crippen molar-refractivity contribution in [1.82, 2.24) is 5.32 Å². The molecular formula is C18H18FNO2. The zero-order valence-corrected chi connectivity index (χ0v) is 12.2. The number of hydrogen-bond acceptors (Lipinski definition) is 2. The van der Waals surface area contributed by atoms with E-state index in [-0.39, 0.29) is 17.8 Å². The summed E-state index contributed by atoms with van der Waals surface area (Å²) in [6.07, 6.45) is 1.63. The lowest BCUT2D eigenvalue weighted by Gasteiger charge is -2.23. The van der Waals surface area contributed by atoms with Gasteiger partial charge in [-0.05, 0) is 30.5 Å². The first-order chi connectivity index (χ1) is 10.8. The molecular weight excluding hydrogens is 281 g/mol. The zero-order chi connectivity index (χ0) is 15.4. The zero-order valence-electron chi connectivity index (χ0n) is 12.2. The molecule has 3 nitrogen and oxygen atoms in total. The van der Waals surface area contributed by atoms with Crippen molar-refractivity contribution in [3.8, 4) is 11.1 Å². The minimum absolute atomic E-state index is 0.120. The topological polar surface area (TPSA) is 38.3 Å². The van der Waals surface area contributed by atoms with E-state index in [2.05, 4.69) is 5.32 Å². The highest BCUT2D eigenvalue weighted by Gasteiger charge is 2.19. The fourth-order valence-corrected chi connectivity index (χ4v) is 2.70. The van der Waals surface area contributed by atoms with Gasteiger partial charge in [0.05, 0.1) is 0 Å². The first-order valence-corrected chi connectivity index (χ1v) is 7.48. The second-order valence-electron chi connectivity index (χ2n) is 5.39. The van der Waals surface area contributed by atoms with Gasteiger partial charge in [0.1, 0.15) is 5.82 Å². The van der Waals surface area contributed by atoms with Gasteiger partial charge in [-0.3, -0.25) is 4.79 Å². The fraction of sp³-hybridized carbons (Fsp3) is 0.278. The Balaban J connectivity index is 1.88. The second kappa shape index (κ2) is 6.71. The molecule has 22 heavy (non-hydrogen) atoms. The Bertz CT molecular complexity index is 666. The van der Waals surface area contributed by atoms with E-state index in [1.165, 1.54) is 6.07 Å². The van der Waals surface area contributed by atoms with E-state index in [0.29, 0.717) is 29.9 Å². The maximum absolute atomic E-state index is 14.0. The SMILES string of the molecule is O=C(NC1CCOCC1)c1ccccc1-c1ccccc1F. The summed E-state index contributed by atoms with van der Waals surface area (Å²) in [7, 11) is 0. The maximum atomic E-state index is 14.0. The third-order valence-corrected chi connectivity index (χ3v) is 3.89. The van der Waals surface area contributed by atoms with Crippen LogP contribution in [0.3, 0.4) is 0 Å². The molecule has 1 amide bonds. The monoisotopic (exact) mass is 299 g/mol. The first-order valence-electron chi connectivity index (χ1n) is 7.48. The normalized spacial score (nSPS) is 15.5. The van der Waals surface area contributed by atoms with Crippen molar-refractivity contribution in [1.29, 1.82) is 0 Å². The fourth-order valence-electron chi connectivity index (χ4n) is 2.70. The molecule has 1 fully saturated rings. The number of hydrogen-bond donors (Lipinski definition) is 1. The number of amides is 1. The van der Waals surface area contributed by atoms with Crippen molar-refractivity contribution in [3.63, 3.8) is 0 Å². The van der Waals surface area contributed by atoms with E-state index in [9.17, 15) is 9.18 Å². The Kier molecular flexibility index (Phi) is 4.49. The molecule has 3 rings (SSSR count). The van der Waals surface area contributed by atoms with Gasteiger partial charge in [-0.25, -0.2) is 4.39 Å². The van der Waals surface area contributed by atoms with Crippen molar-refractivity contribution in [2.24, 2.45) is 0 Å². The van der Waals surface area contributed by atoms with Crippen LogP contribution in [0.1, 0.15) is 23.2 Å². The van der Waals surface area contributed by atoms with Crippen molar-refractivity contribution >= 4 is 5.91 Å². The third-order valence-electron chi connectivity index (χ3n) is 3.89. The summed E-state index contributed by atoms with van der Waals surface area (Å²) in [6, 6.07) is 13.7. The summed E-state index contributed by atoms with van der Waals surface area (Å²) in [6.45, 7) is 1.33. The molecule has 114 valence electrons. The largest absolute Gasteiger partial charge is 0.381 e. The Morgan fingerprint density at radius 3 is 2.36 bits per heavy atom. The van der Waals surface area contributed by atoms with E-state index in [0.717, 1.165) is 12.8 Å². The Morgan fingerprint density at radius 2 is 1.64 bits per heavy atom. The summed E-state index contributed by atoms with van der Waals surface area (Å²) >= 11 is 0. The van der Waals surface area contributed by atoms with Gasteiger partial charge in [0, 0.05) is 30.4 Å². The molecule has 2 aromatic carbocycles. The number of carbonyl (C=O) groups is 1. The van der Waals surface area contributed by atoms with Crippen LogP contribution in [0.5, 0.6) is 0 Å². The van der Waals surface area contributed by atoms with Crippen molar-refractivity contribution < 1.29 is 13.9 Å². The van der Waals surface area contributed by atoms with Crippen LogP contribution in [-0.2, 0) is 4.74 Å². The minimum atomic E-state index is -0.325. The Morgan fingerprint density at radius 1 is 1.00 bits per heavy atom. The van der Waals surface area contributed by atoms with Gasteiger partial charge in [-0.2, -0.15) is 0 Å². The number of benzene rings is 2. The molecule has 0 atom stereocenters. The molecule has 4 heteroatoms. The lowest BCUT2D eigenvalue weighted by Crippen LogP contribution is -2.39. The number of halogens is 1. The summed E-state index contributed by atoms with van der Waals surface area (Å²) in [4.78, 5) is 12.5. The van der Waals surface area contributed by atoms with Gasteiger partial charge in [-0.15, -0.1) is 0 Å². The lowest BCUT2D eigenvalue weighted by atomic mass is 9.98. The molecule has 0 aromatic heterocycles. The second-order valence-corrected chi connectivity index (χ2v) is 5.39. The highest BCUT2D eigenvalue weighted by Crippen LogP contribution is 2.26. The predicted octanol–water partition coefficient (Wildman–Crippen LogP) is 3.40. The molecule has 0 aliphatic carbocycles. The molecule has 0 spiro atoms. The van der Waals surface area contributed by atoms with Crippen molar-refractivity contribution in [2.75, 3.05) is 13.2 Å². The van der Waals surface area contributed by atoms with Crippen LogP contribution in [0, 0.1) is 5.82 Å². The molecule has 1 aliphatic heterocycles. The average Bonchev–Trinajstić information content (AvgIpc) is 2.56. The highest BCUT2D eigenvalue weighted by atomic mass is 19.1. The van der Waals surface area contributed by atoms with Gasteiger partial charge in [0.25, 0.3) is 5.91 Å². The molecule has 1 N–H and O–H groups in total. The third kappa shape index (κ3) is 3.17. The van der Waals surface area contributed by atoms with Crippen LogP contribution in [-0.4, -0.2) is 25.2 Å². The molecule has 1 saturated heterocycles. The van der Waals surface area contributed by atoms with Gasteiger partial charge in [-0.1, -0.05) is 36.4 Å². The smallest absolute Gasteiger partial charge is 0.252 e. The minimum Gasteiger partial charge on any atom is -0.381 e. The molecule has 2 aromatic rings. The highest BCUT2D eigenvalue weighted by molar-refractivity contribution is 6.01. The van der Waals surface area contributed by atoms with Gasteiger partial charge in [0.2, 0.25) is 0 Å². The molecule has 0 unspecified atom stereocenters. The Labute approximate surface area is 129 Å².